The minimum atomic E-state index is 0.308. The summed E-state index contributed by atoms with van der Waals surface area (Å²) in [5, 5.41) is 12.5. The van der Waals surface area contributed by atoms with Crippen LogP contribution < -0.4 is 10.2 Å². The summed E-state index contributed by atoms with van der Waals surface area (Å²) in [4.78, 5) is 2.56. The SMILES string of the molecule is CCNCc1cc(C)ccc1N1CCCC1CCCO. The van der Waals surface area contributed by atoms with Crippen LogP contribution in [0.2, 0.25) is 0 Å². The summed E-state index contributed by atoms with van der Waals surface area (Å²) in [6, 6.07) is 7.40. The van der Waals surface area contributed by atoms with Crippen LogP contribution in [0.1, 0.15) is 43.7 Å². The first-order valence-electron chi connectivity index (χ1n) is 7.94. The molecule has 0 aliphatic carbocycles. The number of nitrogens with zero attached hydrogens (tertiary/aromatic N) is 1. The molecule has 1 atom stereocenters. The fourth-order valence-electron chi connectivity index (χ4n) is 3.18. The molecule has 1 aliphatic heterocycles. The van der Waals surface area contributed by atoms with Crippen molar-refractivity contribution >= 4 is 5.69 Å². The second-order valence-electron chi connectivity index (χ2n) is 5.77. The Morgan fingerprint density at radius 1 is 1.40 bits per heavy atom. The highest BCUT2D eigenvalue weighted by molar-refractivity contribution is 5.56. The van der Waals surface area contributed by atoms with Gasteiger partial charge in [0.05, 0.1) is 0 Å². The van der Waals surface area contributed by atoms with E-state index in [2.05, 4.69) is 42.3 Å². The van der Waals surface area contributed by atoms with Gasteiger partial charge in [0, 0.05) is 31.4 Å². The third-order valence-corrected chi connectivity index (χ3v) is 4.18. The molecule has 1 saturated heterocycles. The maximum atomic E-state index is 9.06. The van der Waals surface area contributed by atoms with Gasteiger partial charge in [0.15, 0.2) is 0 Å². The van der Waals surface area contributed by atoms with Gasteiger partial charge in [-0.2, -0.15) is 0 Å². The highest BCUT2D eigenvalue weighted by Gasteiger charge is 2.25. The molecule has 1 heterocycles. The van der Waals surface area contributed by atoms with Gasteiger partial charge in [0.25, 0.3) is 0 Å². The lowest BCUT2D eigenvalue weighted by atomic mass is 10.1. The van der Waals surface area contributed by atoms with Crippen LogP contribution >= 0.6 is 0 Å². The largest absolute Gasteiger partial charge is 0.396 e. The van der Waals surface area contributed by atoms with Crippen molar-refractivity contribution in [2.24, 2.45) is 0 Å². The van der Waals surface area contributed by atoms with Gasteiger partial charge in [-0.25, -0.2) is 0 Å². The number of rotatable bonds is 7. The maximum absolute atomic E-state index is 9.06. The molecule has 0 amide bonds. The number of hydrogen-bond donors (Lipinski definition) is 2. The van der Waals surface area contributed by atoms with Crippen molar-refractivity contribution in [1.82, 2.24) is 5.32 Å². The second kappa shape index (κ2) is 7.65. The summed E-state index contributed by atoms with van der Waals surface area (Å²) >= 11 is 0. The van der Waals surface area contributed by atoms with E-state index in [0.29, 0.717) is 12.6 Å². The fourth-order valence-corrected chi connectivity index (χ4v) is 3.18. The highest BCUT2D eigenvalue weighted by Crippen LogP contribution is 2.31. The lowest BCUT2D eigenvalue weighted by Crippen LogP contribution is -2.31. The van der Waals surface area contributed by atoms with Crippen LogP contribution in [0.4, 0.5) is 5.69 Å². The minimum absolute atomic E-state index is 0.308. The zero-order chi connectivity index (χ0) is 14.4. The molecule has 1 unspecified atom stereocenters. The van der Waals surface area contributed by atoms with Crippen molar-refractivity contribution in [3.63, 3.8) is 0 Å². The Morgan fingerprint density at radius 3 is 3.00 bits per heavy atom. The van der Waals surface area contributed by atoms with Crippen LogP contribution in [-0.2, 0) is 6.54 Å². The van der Waals surface area contributed by atoms with E-state index in [4.69, 9.17) is 5.11 Å². The van der Waals surface area contributed by atoms with E-state index in [0.717, 1.165) is 32.5 Å². The molecular formula is C17H28N2O. The standard InChI is InChI=1S/C17H28N2O/c1-3-18-13-15-12-14(2)8-9-17(15)19-10-4-6-16(19)7-5-11-20/h8-9,12,16,18,20H,3-7,10-11,13H2,1-2H3. The van der Waals surface area contributed by atoms with E-state index >= 15 is 0 Å². The number of hydrogen-bond acceptors (Lipinski definition) is 3. The van der Waals surface area contributed by atoms with Gasteiger partial charge in [-0.15, -0.1) is 0 Å². The number of aliphatic hydroxyl groups is 1. The first-order chi connectivity index (χ1) is 9.76. The van der Waals surface area contributed by atoms with Crippen LogP contribution in [0.15, 0.2) is 18.2 Å². The predicted octanol–water partition coefficient (Wildman–Crippen LogP) is 2.85. The summed E-state index contributed by atoms with van der Waals surface area (Å²) < 4.78 is 0. The van der Waals surface area contributed by atoms with E-state index in [1.165, 1.54) is 29.7 Å². The van der Waals surface area contributed by atoms with E-state index < -0.39 is 0 Å². The normalized spacial score (nSPS) is 18.8. The molecule has 112 valence electrons. The molecule has 0 bridgehead atoms. The molecule has 1 aliphatic rings. The topological polar surface area (TPSA) is 35.5 Å². The summed E-state index contributed by atoms with van der Waals surface area (Å²) in [7, 11) is 0. The van der Waals surface area contributed by atoms with Gasteiger partial charge >= 0.3 is 0 Å². The molecule has 3 nitrogen and oxygen atoms in total. The first-order valence-corrected chi connectivity index (χ1v) is 7.94. The summed E-state index contributed by atoms with van der Waals surface area (Å²) in [6.07, 6.45) is 4.54. The zero-order valence-corrected chi connectivity index (χ0v) is 12.9. The van der Waals surface area contributed by atoms with Gasteiger partial charge in [-0.1, -0.05) is 24.6 Å². The zero-order valence-electron chi connectivity index (χ0n) is 12.9. The minimum Gasteiger partial charge on any atom is -0.396 e. The van der Waals surface area contributed by atoms with E-state index in [1.807, 2.05) is 0 Å². The quantitative estimate of drug-likeness (QED) is 0.804. The number of aliphatic hydroxyl groups excluding tert-OH is 1. The summed E-state index contributed by atoms with van der Waals surface area (Å²) in [5.41, 5.74) is 4.12. The Morgan fingerprint density at radius 2 is 2.25 bits per heavy atom. The Labute approximate surface area is 123 Å². The van der Waals surface area contributed by atoms with Crippen LogP contribution in [0.3, 0.4) is 0 Å². The monoisotopic (exact) mass is 276 g/mol. The van der Waals surface area contributed by atoms with Gasteiger partial charge in [0.1, 0.15) is 0 Å². The van der Waals surface area contributed by atoms with E-state index in [9.17, 15) is 0 Å². The Hall–Kier alpha value is -1.06. The fraction of sp³-hybridized carbons (Fsp3) is 0.647. The summed E-state index contributed by atoms with van der Waals surface area (Å²) in [5.74, 6) is 0. The molecule has 2 rings (SSSR count). The van der Waals surface area contributed by atoms with Crippen molar-refractivity contribution in [2.75, 3.05) is 24.6 Å². The Bertz CT molecular complexity index is 419. The third kappa shape index (κ3) is 3.74. The molecule has 0 radical (unpaired) electrons. The third-order valence-electron chi connectivity index (χ3n) is 4.18. The Balaban J connectivity index is 2.17. The van der Waals surface area contributed by atoms with Crippen molar-refractivity contribution in [2.45, 2.75) is 52.1 Å². The van der Waals surface area contributed by atoms with Crippen molar-refractivity contribution < 1.29 is 5.11 Å². The first kappa shape index (κ1) is 15.3. The van der Waals surface area contributed by atoms with Gasteiger partial charge in [-0.3, -0.25) is 0 Å². The number of anilines is 1. The van der Waals surface area contributed by atoms with Crippen LogP contribution in [-0.4, -0.2) is 30.8 Å². The lowest BCUT2D eigenvalue weighted by molar-refractivity contribution is 0.279. The van der Waals surface area contributed by atoms with Crippen LogP contribution in [0, 0.1) is 6.92 Å². The molecule has 3 heteroatoms. The molecule has 1 fully saturated rings. The van der Waals surface area contributed by atoms with Gasteiger partial charge < -0.3 is 15.3 Å². The lowest BCUT2D eigenvalue weighted by Gasteiger charge is -2.29. The Kier molecular flexibility index (Phi) is 5.86. The molecule has 0 aromatic heterocycles. The smallest absolute Gasteiger partial charge is 0.0431 e. The molecule has 20 heavy (non-hydrogen) atoms. The number of benzene rings is 1. The molecule has 1 aromatic rings. The molecule has 1 aromatic carbocycles. The van der Waals surface area contributed by atoms with Crippen molar-refractivity contribution in [3.8, 4) is 0 Å². The van der Waals surface area contributed by atoms with E-state index in [1.54, 1.807) is 0 Å². The number of nitrogens with one attached hydrogen (secondary N) is 1. The molecule has 0 spiro atoms. The average molecular weight is 276 g/mol. The van der Waals surface area contributed by atoms with E-state index in [-0.39, 0.29) is 0 Å². The maximum Gasteiger partial charge on any atom is 0.0431 e. The van der Waals surface area contributed by atoms with Crippen LogP contribution in [0.25, 0.3) is 0 Å². The molecular weight excluding hydrogens is 248 g/mol. The second-order valence-corrected chi connectivity index (χ2v) is 5.77. The predicted molar refractivity (Wildman–Crippen MR) is 85.2 cm³/mol. The summed E-state index contributed by atoms with van der Waals surface area (Å²) in [6.45, 7) is 7.71. The average Bonchev–Trinajstić information content (AvgIpc) is 2.91. The highest BCUT2D eigenvalue weighted by atomic mass is 16.2. The van der Waals surface area contributed by atoms with Crippen molar-refractivity contribution in [3.05, 3.63) is 29.3 Å². The van der Waals surface area contributed by atoms with Crippen molar-refractivity contribution in [1.29, 1.82) is 0 Å². The van der Waals surface area contributed by atoms with Gasteiger partial charge in [-0.05, 0) is 50.8 Å². The van der Waals surface area contributed by atoms with Gasteiger partial charge in [0.2, 0.25) is 0 Å². The number of aryl methyl sites for hydroxylation is 1. The molecule has 0 saturated carbocycles. The van der Waals surface area contributed by atoms with Crippen LogP contribution in [0.5, 0.6) is 0 Å². The molecule has 2 N–H and O–H groups in total.